The van der Waals surface area contributed by atoms with E-state index in [0.717, 1.165) is 15.0 Å². The number of benzene rings is 1. The quantitative estimate of drug-likeness (QED) is 0.922. The molecule has 0 aliphatic carbocycles. The zero-order chi connectivity index (χ0) is 11.7. The van der Waals surface area contributed by atoms with Crippen LogP contribution in [0, 0.1) is 6.92 Å². The van der Waals surface area contributed by atoms with Crippen LogP contribution in [0.2, 0.25) is 0 Å². The van der Waals surface area contributed by atoms with E-state index < -0.39 is 5.97 Å². The van der Waals surface area contributed by atoms with Crippen molar-refractivity contribution in [2.75, 3.05) is 0 Å². The Morgan fingerprint density at radius 1 is 1.38 bits per heavy atom. The fourth-order valence-electron chi connectivity index (χ4n) is 1.31. The van der Waals surface area contributed by atoms with Crippen LogP contribution >= 0.6 is 27.3 Å². The van der Waals surface area contributed by atoms with E-state index in [-0.39, 0.29) is 0 Å². The summed E-state index contributed by atoms with van der Waals surface area (Å²) in [6.07, 6.45) is 0. The van der Waals surface area contributed by atoms with E-state index in [0.29, 0.717) is 10.6 Å². The number of carboxylic acid groups (broad SMARTS) is 1. The van der Waals surface area contributed by atoms with Crippen molar-refractivity contribution in [3.8, 4) is 10.6 Å². The summed E-state index contributed by atoms with van der Waals surface area (Å²) in [4.78, 5) is 15.4. The predicted octanol–water partition coefficient (Wildman–Crippen LogP) is 3.58. The topological polar surface area (TPSA) is 50.2 Å². The molecule has 0 radical (unpaired) electrons. The van der Waals surface area contributed by atoms with Crippen LogP contribution in [0.3, 0.4) is 0 Å². The van der Waals surface area contributed by atoms with Gasteiger partial charge >= 0.3 is 5.97 Å². The number of aryl methyl sites for hydroxylation is 1. The fourth-order valence-corrected chi connectivity index (χ4v) is 2.49. The molecule has 1 aromatic heterocycles. The van der Waals surface area contributed by atoms with Crippen molar-refractivity contribution >= 4 is 33.2 Å². The standard InChI is InChI=1S/C11H8BrNO2S/c1-6-9(11(14)15)16-10(13-6)7-2-4-8(12)5-3-7/h2-5H,1H3,(H,14,15). The van der Waals surface area contributed by atoms with Gasteiger partial charge in [-0.05, 0) is 19.1 Å². The number of nitrogens with zero attached hydrogens (tertiary/aromatic N) is 1. The number of aromatic nitrogens is 1. The van der Waals surface area contributed by atoms with E-state index in [2.05, 4.69) is 20.9 Å². The van der Waals surface area contributed by atoms with Crippen molar-refractivity contribution in [2.45, 2.75) is 6.92 Å². The third kappa shape index (κ3) is 2.15. The first-order chi connectivity index (χ1) is 7.58. The third-order valence-corrected chi connectivity index (χ3v) is 3.81. The molecule has 1 N–H and O–H groups in total. The second kappa shape index (κ2) is 4.35. The normalized spacial score (nSPS) is 10.4. The Labute approximate surface area is 105 Å². The number of carboxylic acids is 1. The van der Waals surface area contributed by atoms with Gasteiger partial charge < -0.3 is 5.11 Å². The zero-order valence-electron chi connectivity index (χ0n) is 8.40. The van der Waals surface area contributed by atoms with E-state index in [9.17, 15) is 4.79 Å². The average Bonchev–Trinajstić information content (AvgIpc) is 2.61. The molecule has 0 aliphatic rings. The lowest BCUT2D eigenvalue weighted by atomic mass is 10.2. The van der Waals surface area contributed by atoms with Crippen LogP contribution in [0.25, 0.3) is 10.6 Å². The summed E-state index contributed by atoms with van der Waals surface area (Å²) in [5.74, 6) is -0.918. The number of thiazole rings is 1. The van der Waals surface area contributed by atoms with Gasteiger partial charge in [0.15, 0.2) is 0 Å². The Morgan fingerprint density at radius 2 is 2.00 bits per heavy atom. The summed E-state index contributed by atoms with van der Waals surface area (Å²) in [5, 5.41) is 9.67. The lowest BCUT2D eigenvalue weighted by molar-refractivity contribution is 0.0701. The highest BCUT2D eigenvalue weighted by Crippen LogP contribution is 2.28. The van der Waals surface area contributed by atoms with Crippen LogP contribution < -0.4 is 0 Å². The molecular weight excluding hydrogens is 290 g/mol. The first kappa shape index (κ1) is 11.3. The minimum absolute atomic E-state index is 0.304. The smallest absolute Gasteiger partial charge is 0.347 e. The van der Waals surface area contributed by atoms with Crippen molar-refractivity contribution in [3.63, 3.8) is 0 Å². The van der Waals surface area contributed by atoms with E-state index in [1.54, 1.807) is 6.92 Å². The van der Waals surface area contributed by atoms with Crippen LogP contribution in [-0.4, -0.2) is 16.1 Å². The highest BCUT2D eigenvalue weighted by atomic mass is 79.9. The fraction of sp³-hybridized carbons (Fsp3) is 0.0909. The summed E-state index contributed by atoms with van der Waals surface area (Å²) in [5.41, 5.74) is 1.50. The van der Waals surface area contributed by atoms with Crippen LogP contribution in [-0.2, 0) is 0 Å². The molecule has 0 spiro atoms. The van der Waals surface area contributed by atoms with Gasteiger partial charge in [0.25, 0.3) is 0 Å². The molecule has 0 saturated carbocycles. The Kier molecular flexibility index (Phi) is 3.07. The number of carbonyl (C=O) groups is 1. The second-order valence-electron chi connectivity index (χ2n) is 3.25. The lowest BCUT2D eigenvalue weighted by Crippen LogP contribution is -1.94. The van der Waals surface area contributed by atoms with E-state index in [1.807, 2.05) is 24.3 Å². The Bertz CT molecular complexity index is 533. The Balaban J connectivity index is 2.45. The maximum atomic E-state index is 10.9. The number of rotatable bonds is 2. The monoisotopic (exact) mass is 297 g/mol. The van der Waals surface area contributed by atoms with Gasteiger partial charge in [-0.15, -0.1) is 11.3 Å². The summed E-state index contributed by atoms with van der Waals surface area (Å²) in [7, 11) is 0. The Morgan fingerprint density at radius 3 is 2.50 bits per heavy atom. The molecular formula is C11H8BrNO2S. The molecule has 2 aromatic rings. The summed E-state index contributed by atoms with van der Waals surface area (Å²) in [6.45, 7) is 1.71. The SMILES string of the molecule is Cc1nc(-c2ccc(Br)cc2)sc1C(=O)O. The predicted molar refractivity (Wildman–Crippen MR) is 66.9 cm³/mol. The van der Waals surface area contributed by atoms with Crippen molar-refractivity contribution in [3.05, 3.63) is 39.3 Å². The number of aromatic carboxylic acids is 1. The maximum absolute atomic E-state index is 10.9. The number of hydrogen-bond donors (Lipinski definition) is 1. The van der Waals surface area contributed by atoms with Gasteiger partial charge in [-0.25, -0.2) is 9.78 Å². The molecule has 16 heavy (non-hydrogen) atoms. The summed E-state index contributed by atoms with van der Waals surface area (Å²) >= 11 is 4.55. The summed E-state index contributed by atoms with van der Waals surface area (Å²) < 4.78 is 0.989. The highest BCUT2D eigenvalue weighted by molar-refractivity contribution is 9.10. The molecule has 1 heterocycles. The molecule has 0 amide bonds. The van der Waals surface area contributed by atoms with Gasteiger partial charge in [-0.3, -0.25) is 0 Å². The molecule has 0 fully saturated rings. The van der Waals surface area contributed by atoms with E-state index in [4.69, 9.17) is 5.11 Å². The average molecular weight is 298 g/mol. The largest absolute Gasteiger partial charge is 0.477 e. The van der Waals surface area contributed by atoms with Gasteiger partial charge in [-0.2, -0.15) is 0 Å². The second-order valence-corrected chi connectivity index (χ2v) is 5.16. The van der Waals surface area contributed by atoms with E-state index in [1.165, 1.54) is 11.3 Å². The molecule has 1 aromatic carbocycles. The number of halogens is 1. The molecule has 0 aliphatic heterocycles. The third-order valence-electron chi connectivity index (χ3n) is 2.08. The molecule has 0 atom stereocenters. The molecule has 3 nitrogen and oxygen atoms in total. The highest BCUT2D eigenvalue weighted by Gasteiger charge is 2.14. The molecule has 0 saturated heterocycles. The van der Waals surface area contributed by atoms with Crippen molar-refractivity contribution < 1.29 is 9.90 Å². The van der Waals surface area contributed by atoms with Gasteiger partial charge in [0, 0.05) is 10.0 Å². The van der Waals surface area contributed by atoms with Crippen molar-refractivity contribution in [2.24, 2.45) is 0 Å². The van der Waals surface area contributed by atoms with Crippen LogP contribution in [0.1, 0.15) is 15.4 Å². The van der Waals surface area contributed by atoms with E-state index >= 15 is 0 Å². The molecule has 5 heteroatoms. The molecule has 0 bridgehead atoms. The molecule has 82 valence electrons. The van der Waals surface area contributed by atoms with Gasteiger partial charge in [0.2, 0.25) is 0 Å². The van der Waals surface area contributed by atoms with Crippen molar-refractivity contribution in [1.82, 2.24) is 4.98 Å². The van der Waals surface area contributed by atoms with Gasteiger partial charge in [0.1, 0.15) is 9.88 Å². The van der Waals surface area contributed by atoms with Crippen LogP contribution in [0.4, 0.5) is 0 Å². The maximum Gasteiger partial charge on any atom is 0.347 e. The zero-order valence-corrected chi connectivity index (χ0v) is 10.8. The Hall–Kier alpha value is -1.20. The first-order valence-corrected chi connectivity index (χ1v) is 6.15. The van der Waals surface area contributed by atoms with Crippen LogP contribution in [0.15, 0.2) is 28.7 Å². The van der Waals surface area contributed by atoms with Gasteiger partial charge in [-0.1, -0.05) is 28.1 Å². The first-order valence-electron chi connectivity index (χ1n) is 4.54. The minimum atomic E-state index is -0.918. The van der Waals surface area contributed by atoms with Crippen LogP contribution in [0.5, 0.6) is 0 Å². The summed E-state index contributed by atoms with van der Waals surface area (Å²) in [6, 6.07) is 7.64. The molecule has 2 rings (SSSR count). The minimum Gasteiger partial charge on any atom is -0.477 e. The van der Waals surface area contributed by atoms with Crippen molar-refractivity contribution in [1.29, 1.82) is 0 Å². The lowest BCUT2D eigenvalue weighted by Gasteiger charge is -1.95. The van der Waals surface area contributed by atoms with Gasteiger partial charge in [0.05, 0.1) is 5.69 Å². The molecule has 0 unspecified atom stereocenters. The number of hydrogen-bond acceptors (Lipinski definition) is 3.